The fourth-order valence-corrected chi connectivity index (χ4v) is 3.85. The van der Waals surface area contributed by atoms with Crippen LogP contribution < -0.4 is 0 Å². The van der Waals surface area contributed by atoms with Crippen molar-refractivity contribution in [1.29, 1.82) is 0 Å². The Morgan fingerprint density at radius 3 is 2.80 bits per heavy atom. The van der Waals surface area contributed by atoms with Crippen LogP contribution in [-0.2, 0) is 14.9 Å². The number of benzene rings is 2. The fourth-order valence-electron chi connectivity index (χ4n) is 3.49. The molecule has 0 N–H and O–H groups in total. The molecule has 6 heteroatoms. The quantitative estimate of drug-likeness (QED) is 0.613. The number of para-hydroxylation sites is 2. The molecular weight excluding hydrogens is 384 g/mol. The number of carbonyl (C=O) groups is 2. The summed E-state index contributed by atoms with van der Waals surface area (Å²) in [6.45, 7) is 1.79. The Bertz CT molecular complexity index is 1040. The summed E-state index contributed by atoms with van der Waals surface area (Å²) in [5.74, 6) is 0.0128. The van der Waals surface area contributed by atoms with E-state index in [0.29, 0.717) is 5.82 Å². The Balaban J connectivity index is 2.06. The van der Waals surface area contributed by atoms with Crippen LogP contribution in [0.5, 0.6) is 0 Å². The first-order chi connectivity index (χ1) is 12.0. The lowest BCUT2D eigenvalue weighted by molar-refractivity contribution is -0.141. The molecule has 0 amide bonds. The first-order valence-corrected chi connectivity index (χ1v) is 8.64. The summed E-state index contributed by atoms with van der Waals surface area (Å²) in [5.41, 5.74) is 2.10. The van der Waals surface area contributed by atoms with E-state index in [2.05, 4.69) is 20.9 Å². The highest BCUT2D eigenvalue weighted by molar-refractivity contribution is 9.10. The SMILES string of the molecule is COC(=O)CC1(C)C(=O)n2c(nc3ccccc32)-c2cc(Br)ccc21. The van der Waals surface area contributed by atoms with Gasteiger partial charge in [0.2, 0.25) is 5.91 Å². The Hall–Kier alpha value is -2.47. The number of hydrogen-bond acceptors (Lipinski definition) is 4. The van der Waals surface area contributed by atoms with Gasteiger partial charge in [-0.25, -0.2) is 4.98 Å². The minimum absolute atomic E-state index is 0.0249. The number of methoxy groups -OCH3 is 1. The lowest BCUT2D eigenvalue weighted by Gasteiger charge is -2.34. The molecule has 1 unspecified atom stereocenters. The molecule has 3 aromatic rings. The molecule has 2 heterocycles. The maximum Gasteiger partial charge on any atom is 0.306 e. The molecule has 0 saturated carbocycles. The van der Waals surface area contributed by atoms with E-state index in [1.54, 1.807) is 11.5 Å². The van der Waals surface area contributed by atoms with Crippen molar-refractivity contribution in [3.63, 3.8) is 0 Å². The summed E-state index contributed by atoms with van der Waals surface area (Å²) in [7, 11) is 1.33. The number of fused-ring (bicyclic) bond motifs is 5. The number of carbonyl (C=O) groups excluding carboxylic acids is 2. The van der Waals surface area contributed by atoms with E-state index in [1.165, 1.54) is 7.11 Å². The van der Waals surface area contributed by atoms with Crippen LogP contribution in [0.3, 0.4) is 0 Å². The summed E-state index contributed by atoms with van der Waals surface area (Å²) < 4.78 is 7.34. The molecule has 5 nitrogen and oxygen atoms in total. The lowest BCUT2D eigenvalue weighted by Crippen LogP contribution is -2.42. The average Bonchev–Trinajstić information content (AvgIpc) is 2.99. The molecule has 0 aliphatic carbocycles. The van der Waals surface area contributed by atoms with Crippen molar-refractivity contribution in [2.45, 2.75) is 18.8 Å². The minimum atomic E-state index is -1.01. The molecule has 1 aliphatic rings. The summed E-state index contributed by atoms with van der Waals surface area (Å²) >= 11 is 3.49. The van der Waals surface area contributed by atoms with Gasteiger partial charge in [0.25, 0.3) is 0 Å². The topological polar surface area (TPSA) is 61.2 Å². The van der Waals surface area contributed by atoms with Crippen molar-refractivity contribution >= 4 is 38.8 Å². The number of rotatable bonds is 2. The van der Waals surface area contributed by atoms with Crippen LogP contribution in [0.1, 0.15) is 23.7 Å². The number of imidazole rings is 1. The molecular formula is C19H15BrN2O3. The summed E-state index contributed by atoms with van der Waals surface area (Å²) in [6.07, 6.45) is -0.0249. The highest BCUT2D eigenvalue weighted by Crippen LogP contribution is 2.44. The van der Waals surface area contributed by atoms with Crippen LogP contribution >= 0.6 is 15.9 Å². The van der Waals surface area contributed by atoms with Gasteiger partial charge in [0.15, 0.2) is 0 Å². The van der Waals surface area contributed by atoms with Crippen molar-refractivity contribution in [1.82, 2.24) is 9.55 Å². The molecule has 1 atom stereocenters. The average molecular weight is 399 g/mol. The number of hydrogen-bond donors (Lipinski definition) is 0. The van der Waals surface area contributed by atoms with Gasteiger partial charge in [0.1, 0.15) is 5.82 Å². The van der Waals surface area contributed by atoms with Crippen LogP contribution in [0.2, 0.25) is 0 Å². The van der Waals surface area contributed by atoms with Crippen LogP contribution in [0, 0.1) is 0 Å². The van der Waals surface area contributed by atoms with Gasteiger partial charge in [-0.15, -0.1) is 0 Å². The number of nitrogens with zero attached hydrogens (tertiary/aromatic N) is 2. The normalized spacial score (nSPS) is 18.8. The van der Waals surface area contributed by atoms with Gasteiger partial charge in [0.05, 0.1) is 30.0 Å². The van der Waals surface area contributed by atoms with Crippen molar-refractivity contribution in [3.8, 4) is 11.4 Å². The fraction of sp³-hybridized carbons (Fsp3) is 0.211. The van der Waals surface area contributed by atoms with Crippen molar-refractivity contribution < 1.29 is 14.3 Å². The predicted molar refractivity (Wildman–Crippen MR) is 97.5 cm³/mol. The van der Waals surface area contributed by atoms with E-state index in [9.17, 15) is 9.59 Å². The zero-order chi connectivity index (χ0) is 17.8. The monoisotopic (exact) mass is 398 g/mol. The van der Waals surface area contributed by atoms with Crippen molar-refractivity contribution in [2.24, 2.45) is 0 Å². The molecule has 0 saturated heterocycles. The third-order valence-corrected chi connectivity index (χ3v) is 5.27. The van der Waals surface area contributed by atoms with Crippen molar-refractivity contribution in [2.75, 3.05) is 7.11 Å². The molecule has 0 fully saturated rings. The second kappa shape index (κ2) is 5.52. The Morgan fingerprint density at radius 2 is 2.04 bits per heavy atom. The highest BCUT2D eigenvalue weighted by atomic mass is 79.9. The number of esters is 1. The zero-order valence-electron chi connectivity index (χ0n) is 13.7. The summed E-state index contributed by atoms with van der Waals surface area (Å²) in [6, 6.07) is 13.2. The van der Waals surface area contributed by atoms with Crippen LogP contribution in [0.15, 0.2) is 46.9 Å². The second-order valence-electron chi connectivity index (χ2n) is 6.34. The predicted octanol–water partition coefficient (Wildman–Crippen LogP) is 3.94. The zero-order valence-corrected chi connectivity index (χ0v) is 15.3. The largest absolute Gasteiger partial charge is 0.469 e. The maximum atomic E-state index is 13.4. The smallest absolute Gasteiger partial charge is 0.306 e. The Labute approximate surface area is 152 Å². The van der Waals surface area contributed by atoms with E-state index < -0.39 is 11.4 Å². The van der Waals surface area contributed by atoms with Gasteiger partial charge in [-0.05, 0) is 36.8 Å². The number of aromatic nitrogens is 2. The molecule has 1 aliphatic heterocycles. The number of ether oxygens (including phenoxy) is 1. The van der Waals surface area contributed by atoms with E-state index in [1.807, 2.05) is 42.5 Å². The van der Waals surface area contributed by atoms with E-state index in [4.69, 9.17) is 4.74 Å². The second-order valence-corrected chi connectivity index (χ2v) is 7.26. The van der Waals surface area contributed by atoms with E-state index in [0.717, 1.165) is 26.6 Å². The summed E-state index contributed by atoms with van der Waals surface area (Å²) in [5, 5.41) is 0. The van der Waals surface area contributed by atoms with Gasteiger partial charge >= 0.3 is 5.97 Å². The molecule has 0 spiro atoms. The van der Waals surface area contributed by atoms with Gasteiger partial charge in [-0.1, -0.05) is 34.1 Å². The molecule has 1 aromatic heterocycles. The molecule has 126 valence electrons. The minimum Gasteiger partial charge on any atom is -0.469 e. The Kier molecular flexibility index (Phi) is 3.54. The first-order valence-electron chi connectivity index (χ1n) is 7.85. The standard InChI is InChI=1S/C19H15BrN2O3/c1-19(10-16(23)25-2)13-8-7-11(20)9-12(13)17-21-14-5-3-4-6-15(14)22(17)18(19)24/h3-9H,10H2,1-2H3. The maximum absolute atomic E-state index is 13.4. The van der Waals surface area contributed by atoms with Crippen molar-refractivity contribution in [3.05, 3.63) is 52.5 Å². The van der Waals surface area contributed by atoms with Gasteiger partial charge in [-0.3, -0.25) is 14.2 Å². The third-order valence-electron chi connectivity index (χ3n) is 4.78. The lowest BCUT2D eigenvalue weighted by atomic mass is 9.74. The summed E-state index contributed by atoms with van der Waals surface area (Å²) in [4.78, 5) is 30.1. The number of halogens is 1. The third kappa shape index (κ3) is 2.24. The van der Waals surface area contributed by atoms with E-state index in [-0.39, 0.29) is 12.3 Å². The van der Waals surface area contributed by atoms with Crippen LogP contribution in [0.25, 0.3) is 22.4 Å². The molecule has 2 aromatic carbocycles. The van der Waals surface area contributed by atoms with Crippen LogP contribution in [0.4, 0.5) is 0 Å². The van der Waals surface area contributed by atoms with Gasteiger partial charge < -0.3 is 4.74 Å². The molecule has 0 radical (unpaired) electrons. The Morgan fingerprint density at radius 1 is 1.28 bits per heavy atom. The highest BCUT2D eigenvalue weighted by Gasteiger charge is 2.46. The van der Waals surface area contributed by atoms with Gasteiger partial charge in [0, 0.05) is 10.0 Å². The molecule has 0 bridgehead atoms. The molecule has 25 heavy (non-hydrogen) atoms. The molecule has 4 rings (SSSR count). The van der Waals surface area contributed by atoms with Crippen LogP contribution in [-0.4, -0.2) is 28.5 Å². The first kappa shape index (κ1) is 16.0. The van der Waals surface area contributed by atoms with Gasteiger partial charge in [-0.2, -0.15) is 0 Å². The van der Waals surface area contributed by atoms with E-state index >= 15 is 0 Å².